The molecule has 1 aromatic heterocycles. The van der Waals surface area contributed by atoms with Gasteiger partial charge < -0.3 is 5.11 Å². The number of thioether (sulfide) groups is 1. The topological polar surface area (TPSA) is 50.2 Å². The number of carbonyl (C=O) groups is 1. The summed E-state index contributed by atoms with van der Waals surface area (Å²) >= 11 is 1.49. The van der Waals surface area contributed by atoms with Crippen LogP contribution in [0, 0.1) is 6.92 Å². The molecule has 1 heterocycles. The van der Waals surface area contributed by atoms with E-state index in [4.69, 9.17) is 5.11 Å². The quantitative estimate of drug-likeness (QED) is 0.855. The molecule has 2 aromatic rings. The Bertz CT molecular complexity index is 569. The van der Waals surface area contributed by atoms with Crippen molar-refractivity contribution in [2.24, 2.45) is 0 Å². The lowest BCUT2D eigenvalue weighted by Gasteiger charge is -2.05. The van der Waals surface area contributed by atoms with Crippen molar-refractivity contribution in [2.75, 3.05) is 0 Å². The van der Waals surface area contributed by atoms with Crippen molar-refractivity contribution < 1.29 is 9.90 Å². The van der Waals surface area contributed by atoms with Crippen LogP contribution < -0.4 is 0 Å². The smallest absolute Gasteiger partial charge is 0.355 e. The van der Waals surface area contributed by atoms with Gasteiger partial charge in [0.1, 0.15) is 0 Å². The third kappa shape index (κ3) is 3.11. The summed E-state index contributed by atoms with van der Waals surface area (Å²) in [6.45, 7) is 2.04. The summed E-state index contributed by atoms with van der Waals surface area (Å²) in [6, 6.07) is 11.7. The minimum Gasteiger partial charge on any atom is -0.476 e. The molecule has 0 aliphatic carbocycles. The lowest BCUT2D eigenvalue weighted by molar-refractivity contribution is 0.0686. The number of aryl methyl sites for hydroxylation is 1. The molecule has 0 aliphatic heterocycles. The molecule has 0 saturated carbocycles. The van der Waals surface area contributed by atoms with Gasteiger partial charge in [-0.1, -0.05) is 29.8 Å². The number of aromatic nitrogens is 1. The minimum atomic E-state index is -0.984. The first-order valence-electron chi connectivity index (χ1n) is 5.53. The van der Waals surface area contributed by atoms with Crippen LogP contribution in [0.3, 0.4) is 0 Å². The van der Waals surface area contributed by atoms with Gasteiger partial charge in [0, 0.05) is 16.8 Å². The van der Waals surface area contributed by atoms with E-state index in [0.717, 1.165) is 5.75 Å². The van der Waals surface area contributed by atoms with E-state index in [1.54, 1.807) is 12.1 Å². The fourth-order valence-electron chi connectivity index (χ4n) is 1.63. The third-order valence-electron chi connectivity index (χ3n) is 2.45. The van der Waals surface area contributed by atoms with E-state index >= 15 is 0 Å². The second kappa shape index (κ2) is 5.69. The molecule has 0 radical (unpaired) electrons. The number of benzene rings is 1. The first kappa shape index (κ1) is 12.6. The summed E-state index contributed by atoms with van der Waals surface area (Å²) in [4.78, 5) is 15.6. The number of hydrogen-bond donors (Lipinski definition) is 1. The van der Waals surface area contributed by atoms with Gasteiger partial charge in [-0.05, 0) is 24.6 Å². The average molecular weight is 259 g/mol. The normalized spacial score (nSPS) is 10.3. The second-order valence-electron chi connectivity index (χ2n) is 3.93. The summed E-state index contributed by atoms with van der Waals surface area (Å²) in [5.74, 6) is -0.240. The number of pyridine rings is 1. The van der Waals surface area contributed by atoms with Crippen LogP contribution in [0.25, 0.3) is 0 Å². The van der Waals surface area contributed by atoms with Crippen molar-refractivity contribution in [1.82, 2.24) is 4.98 Å². The highest BCUT2D eigenvalue weighted by Crippen LogP contribution is 2.25. The first-order valence-corrected chi connectivity index (χ1v) is 6.52. The number of rotatable bonds is 4. The number of hydrogen-bond acceptors (Lipinski definition) is 3. The molecule has 1 aromatic carbocycles. The highest BCUT2D eigenvalue weighted by atomic mass is 32.2. The van der Waals surface area contributed by atoms with Crippen LogP contribution in [0.2, 0.25) is 0 Å². The summed E-state index contributed by atoms with van der Waals surface area (Å²) in [5, 5.41) is 9.03. The van der Waals surface area contributed by atoms with Crippen LogP contribution in [0.1, 0.15) is 21.6 Å². The van der Waals surface area contributed by atoms with Crippen molar-refractivity contribution in [3.05, 3.63) is 59.4 Å². The van der Waals surface area contributed by atoms with Crippen LogP contribution in [0.5, 0.6) is 0 Å². The molecule has 0 unspecified atom stereocenters. The lowest BCUT2D eigenvalue weighted by atomic mass is 10.2. The Morgan fingerprint density at radius 1 is 1.33 bits per heavy atom. The monoisotopic (exact) mass is 259 g/mol. The van der Waals surface area contributed by atoms with Crippen LogP contribution >= 0.6 is 11.8 Å². The highest BCUT2D eigenvalue weighted by Gasteiger charge is 2.11. The summed E-state index contributed by atoms with van der Waals surface area (Å²) in [5.41, 5.74) is 2.51. The van der Waals surface area contributed by atoms with Crippen molar-refractivity contribution in [3.63, 3.8) is 0 Å². The molecule has 0 bridgehead atoms. The van der Waals surface area contributed by atoms with Gasteiger partial charge in [-0.3, -0.25) is 0 Å². The number of carboxylic acids is 1. The van der Waals surface area contributed by atoms with Gasteiger partial charge in [0.05, 0.1) is 0 Å². The van der Waals surface area contributed by atoms with Gasteiger partial charge in [-0.2, -0.15) is 0 Å². The maximum absolute atomic E-state index is 11.0. The van der Waals surface area contributed by atoms with E-state index in [-0.39, 0.29) is 5.69 Å². The zero-order valence-corrected chi connectivity index (χ0v) is 10.8. The summed E-state index contributed by atoms with van der Waals surface area (Å²) < 4.78 is 0. The molecule has 0 saturated heterocycles. The van der Waals surface area contributed by atoms with Crippen LogP contribution in [0.15, 0.2) is 47.5 Å². The van der Waals surface area contributed by atoms with Gasteiger partial charge in [0.2, 0.25) is 0 Å². The van der Waals surface area contributed by atoms with Gasteiger partial charge in [0.25, 0.3) is 0 Å². The zero-order valence-electron chi connectivity index (χ0n) is 9.96. The summed E-state index contributed by atoms with van der Waals surface area (Å²) in [6.07, 6.45) is 1.50. The average Bonchev–Trinajstić information content (AvgIpc) is 2.37. The maximum Gasteiger partial charge on any atom is 0.355 e. The van der Waals surface area contributed by atoms with Crippen molar-refractivity contribution in [3.8, 4) is 0 Å². The van der Waals surface area contributed by atoms with Crippen LogP contribution in [-0.4, -0.2) is 16.1 Å². The number of aromatic carboxylic acids is 1. The first-order chi connectivity index (χ1) is 8.66. The fourth-order valence-corrected chi connectivity index (χ4v) is 2.58. The molecule has 0 spiro atoms. The molecule has 2 rings (SSSR count). The molecule has 0 aliphatic rings. The van der Waals surface area contributed by atoms with E-state index in [1.165, 1.54) is 29.1 Å². The standard InChI is InChI=1S/C14H13NO2S/c1-10-4-2-5-11(8-10)9-18-12-6-3-7-15-13(12)14(16)17/h2-8H,9H2,1H3,(H,16,17). The van der Waals surface area contributed by atoms with Crippen molar-refractivity contribution in [2.45, 2.75) is 17.6 Å². The fraction of sp³-hybridized carbons (Fsp3) is 0.143. The van der Waals surface area contributed by atoms with E-state index in [9.17, 15) is 4.79 Å². The van der Waals surface area contributed by atoms with Gasteiger partial charge >= 0.3 is 5.97 Å². The Kier molecular flexibility index (Phi) is 3.99. The molecular weight excluding hydrogens is 246 g/mol. The zero-order chi connectivity index (χ0) is 13.0. The van der Waals surface area contributed by atoms with Crippen LogP contribution in [-0.2, 0) is 5.75 Å². The molecule has 1 N–H and O–H groups in total. The van der Waals surface area contributed by atoms with Gasteiger partial charge in [-0.15, -0.1) is 11.8 Å². The van der Waals surface area contributed by atoms with E-state index < -0.39 is 5.97 Å². The Labute approximate surface area is 110 Å². The molecule has 0 amide bonds. The molecule has 3 nitrogen and oxygen atoms in total. The molecular formula is C14H13NO2S. The van der Waals surface area contributed by atoms with Crippen molar-refractivity contribution >= 4 is 17.7 Å². The Morgan fingerprint density at radius 2 is 2.17 bits per heavy atom. The van der Waals surface area contributed by atoms with Crippen molar-refractivity contribution in [1.29, 1.82) is 0 Å². The van der Waals surface area contributed by atoms with E-state index in [1.807, 2.05) is 25.1 Å². The van der Waals surface area contributed by atoms with Gasteiger partial charge in [0.15, 0.2) is 5.69 Å². The molecule has 92 valence electrons. The van der Waals surface area contributed by atoms with Crippen LogP contribution in [0.4, 0.5) is 0 Å². The molecule has 0 atom stereocenters. The maximum atomic E-state index is 11.0. The Morgan fingerprint density at radius 3 is 2.89 bits per heavy atom. The lowest BCUT2D eigenvalue weighted by Crippen LogP contribution is -2.01. The van der Waals surface area contributed by atoms with E-state index in [2.05, 4.69) is 11.1 Å². The molecule has 18 heavy (non-hydrogen) atoms. The second-order valence-corrected chi connectivity index (χ2v) is 4.95. The third-order valence-corrected chi connectivity index (χ3v) is 3.57. The minimum absolute atomic E-state index is 0.121. The predicted molar refractivity (Wildman–Crippen MR) is 71.9 cm³/mol. The summed E-state index contributed by atoms with van der Waals surface area (Å²) in [7, 11) is 0. The Balaban J connectivity index is 2.13. The molecule has 0 fully saturated rings. The SMILES string of the molecule is Cc1cccc(CSc2cccnc2C(=O)O)c1. The highest BCUT2D eigenvalue weighted by molar-refractivity contribution is 7.98. The Hall–Kier alpha value is -1.81. The number of carboxylic acid groups (broad SMARTS) is 1. The largest absolute Gasteiger partial charge is 0.476 e. The molecule has 4 heteroatoms. The van der Waals surface area contributed by atoms with E-state index in [0.29, 0.717) is 4.90 Å². The number of nitrogens with zero attached hydrogens (tertiary/aromatic N) is 1. The predicted octanol–water partition coefficient (Wildman–Crippen LogP) is 3.38. The van der Waals surface area contributed by atoms with Gasteiger partial charge in [-0.25, -0.2) is 9.78 Å².